The van der Waals surface area contributed by atoms with E-state index < -0.39 is 0 Å². The van der Waals surface area contributed by atoms with Crippen molar-refractivity contribution in [3.05, 3.63) is 48.3 Å². The molecule has 0 aliphatic carbocycles. The fourth-order valence-electron chi connectivity index (χ4n) is 3.15. The lowest BCUT2D eigenvalue weighted by molar-refractivity contribution is -0.119. The average molecular weight is 430 g/mol. The number of nitrogens with one attached hydrogen (secondary N) is 2. The Labute approximate surface area is 178 Å². The second kappa shape index (κ2) is 9.45. The van der Waals surface area contributed by atoms with E-state index in [0.29, 0.717) is 19.0 Å². The van der Waals surface area contributed by atoms with Gasteiger partial charge in [-0.3, -0.25) is 4.79 Å². The lowest BCUT2D eigenvalue weighted by Crippen LogP contribution is -2.31. The number of aromatic amines is 1. The molecule has 1 atom stereocenters. The first-order valence-electron chi connectivity index (χ1n) is 9.48. The first-order chi connectivity index (χ1) is 14.2. The van der Waals surface area contributed by atoms with Gasteiger partial charge in [-0.1, -0.05) is 12.1 Å². The molecule has 0 fully saturated rings. The molecule has 0 spiro atoms. The van der Waals surface area contributed by atoms with Crippen LogP contribution >= 0.6 is 23.5 Å². The maximum absolute atomic E-state index is 12.6. The quantitative estimate of drug-likeness (QED) is 0.527. The van der Waals surface area contributed by atoms with Crippen LogP contribution in [0.5, 0.6) is 11.5 Å². The van der Waals surface area contributed by atoms with Crippen molar-refractivity contribution in [2.45, 2.75) is 17.4 Å². The number of H-pyrrole nitrogens is 1. The van der Waals surface area contributed by atoms with Crippen LogP contribution in [0, 0.1) is 0 Å². The van der Waals surface area contributed by atoms with Gasteiger partial charge in [0.25, 0.3) is 0 Å². The maximum atomic E-state index is 12.6. The normalized spacial score (nSPS) is 14.0. The predicted molar refractivity (Wildman–Crippen MR) is 118 cm³/mol. The van der Waals surface area contributed by atoms with E-state index >= 15 is 0 Å². The van der Waals surface area contributed by atoms with E-state index in [1.807, 2.05) is 42.5 Å². The molecule has 1 aromatic heterocycles. The third-order valence-corrected chi connectivity index (χ3v) is 6.20. The molecule has 0 bridgehead atoms. The second-order valence-corrected chi connectivity index (χ2v) is 8.67. The highest BCUT2D eigenvalue weighted by Gasteiger charge is 2.19. The number of thioether (sulfide) groups is 2. The molecule has 2 aromatic carbocycles. The van der Waals surface area contributed by atoms with Crippen molar-refractivity contribution < 1.29 is 14.3 Å². The number of aromatic nitrogens is 2. The van der Waals surface area contributed by atoms with E-state index in [1.54, 1.807) is 11.8 Å². The number of hydrogen-bond donors (Lipinski definition) is 2. The number of carbonyl (C=O) groups is 1. The van der Waals surface area contributed by atoms with Crippen LogP contribution in [0.3, 0.4) is 0 Å². The van der Waals surface area contributed by atoms with Crippen molar-refractivity contribution >= 4 is 40.5 Å². The summed E-state index contributed by atoms with van der Waals surface area (Å²) in [7, 11) is 0. The number of para-hydroxylation sites is 2. The SMILES string of the molecule is CSCC[C@@H](NC(=O)CSc1ccc2c(c1)OCCO2)c1nc2ccccc2[nH]1. The number of hydrogen-bond acceptors (Lipinski definition) is 6. The van der Waals surface area contributed by atoms with Gasteiger partial charge in [-0.25, -0.2) is 4.98 Å². The molecule has 4 rings (SSSR count). The van der Waals surface area contributed by atoms with Crippen LogP contribution in [-0.4, -0.2) is 46.9 Å². The maximum Gasteiger partial charge on any atom is 0.230 e. The molecule has 1 amide bonds. The molecule has 0 radical (unpaired) electrons. The van der Waals surface area contributed by atoms with Gasteiger partial charge in [0.15, 0.2) is 11.5 Å². The molecular formula is C21H23N3O3S2. The monoisotopic (exact) mass is 429 g/mol. The van der Waals surface area contributed by atoms with Crippen molar-refractivity contribution in [2.75, 3.05) is 31.0 Å². The van der Waals surface area contributed by atoms with Crippen LogP contribution in [-0.2, 0) is 4.79 Å². The summed E-state index contributed by atoms with van der Waals surface area (Å²) in [6.07, 6.45) is 2.89. The Bertz CT molecular complexity index is 959. The molecule has 6 nitrogen and oxygen atoms in total. The van der Waals surface area contributed by atoms with Gasteiger partial charge in [-0.05, 0) is 48.8 Å². The van der Waals surface area contributed by atoms with Crippen molar-refractivity contribution in [3.8, 4) is 11.5 Å². The van der Waals surface area contributed by atoms with E-state index in [9.17, 15) is 4.79 Å². The Kier molecular flexibility index (Phi) is 6.51. The van der Waals surface area contributed by atoms with Crippen molar-refractivity contribution in [1.82, 2.24) is 15.3 Å². The summed E-state index contributed by atoms with van der Waals surface area (Å²) in [5.74, 6) is 3.55. The van der Waals surface area contributed by atoms with Gasteiger partial charge < -0.3 is 19.8 Å². The van der Waals surface area contributed by atoms with Gasteiger partial charge >= 0.3 is 0 Å². The Balaban J connectivity index is 1.40. The van der Waals surface area contributed by atoms with E-state index in [2.05, 4.69) is 21.5 Å². The highest BCUT2D eigenvalue weighted by atomic mass is 32.2. The Morgan fingerprint density at radius 1 is 1.21 bits per heavy atom. The first kappa shape index (κ1) is 20.0. The highest BCUT2D eigenvalue weighted by Crippen LogP contribution is 2.34. The molecule has 0 saturated carbocycles. The fraction of sp³-hybridized carbons (Fsp3) is 0.333. The Hall–Kier alpha value is -2.32. The van der Waals surface area contributed by atoms with E-state index in [-0.39, 0.29) is 11.9 Å². The summed E-state index contributed by atoms with van der Waals surface area (Å²) in [4.78, 5) is 21.6. The van der Waals surface area contributed by atoms with Crippen LogP contribution < -0.4 is 14.8 Å². The zero-order valence-corrected chi connectivity index (χ0v) is 17.8. The van der Waals surface area contributed by atoms with Crippen molar-refractivity contribution in [1.29, 1.82) is 0 Å². The summed E-state index contributed by atoms with van der Waals surface area (Å²) in [6.45, 7) is 1.12. The standard InChI is InChI=1S/C21H23N3O3S2/c1-28-11-8-17(21-23-15-4-2-3-5-16(15)24-21)22-20(25)13-29-14-6-7-18-19(12-14)27-10-9-26-18/h2-7,12,17H,8-11,13H2,1H3,(H,22,25)(H,23,24)/t17-/m1/s1. The van der Waals surface area contributed by atoms with Crippen LogP contribution in [0.2, 0.25) is 0 Å². The molecule has 2 N–H and O–H groups in total. The third-order valence-electron chi connectivity index (χ3n) is 4.57. The fourth-order valence-corrected chi connectivity index (χ4v) is 4.36. The zero-order chi connectivity index (χ0) is 20.1. The first-order valence-corrected chi connectivity index (χ1v) is 11.9. The molecule has 3 aromatic rings. The molecule has 1 aliphatic heterocycles. The average Bonchev–Trinajstić information content (AvgIpc) is 3.19. The number of amides is 1. The van der Waals surface area contributed by atoms with Gasteiger partial charge in [-0.2, -0.15) is 11.8 Å². The Morgan fingerprint density at radius 3 is 2.86 bits per heavy atom. The van der Waals surface area contributed by atoms with Gasteiger partial charge in [0.2, 0.25) is 5.91 Å². The van der Waals surface area contributed by atoms with Gasteiger partial charge in [0.05, 0.1) is 22.8 Å². The topological polar surface area (TPSA) is 76.2 Å². The second-order valence-electron chi connectivity index (χ2n) is 6.63. The number of benzene rings is 2. The molecule has 2 heterocycles. The van der Waals surface area contributed by atoms with Crippen LogP contribution in [0.25, 0.3) is 11.0 Å². The largest absolute Gasteiger partial charge is 0.486 e. The summed E-state index contributed by atoms with van der Waals surface area (Å²) in [5, 5.41) is 3.14. The molecule has 8 heteroatoms. The minimum Gasteiger partial charge on any atom is -0.486 e. The summed E-state index contributed by atoms with van der Waals surface area (Å²) in [5.41, 5.74) is 1.90. The number of imidazole rings is 1. The van der Waals surface area contributed by atoms with E-state index in [4.69, 9.17) is 9.47 Å². The van der Waals surface area contributed by atoms with E-state index in [1.165, 1.54) is 11.8 Å². The third kappa shape index (κ3) is 5.00. The number of fused-ring (bicyclic) bond motifs is 2. The van der Waals surface area contributed by atoms with Crippen molar-refractivity contribution in [3.63, 3.8) is 0 Å². The summed E-state index contributed by atoms with van der Waals surface area (Å²) in [6, 6.07) is 13.5. The van der Waals surface area contributed by atoms with Crippen molar-refractivity contribution in [2.24, 2.45) is 0 Å². The van der Waals surface area contributed by atoms with Gasteiger partial charge in [-0.15, -0.1) is 11.8 Å². The number of carbonyl (C=O) groups excluding carboxylic acids is 1. The molecule has 0 saturated heterocycles. The van der Waals surface area contributed by atoms with Crippen LogP contribution in [0.15, 0.2) is 47.4 Å². The van der Waals surface area contributed by atoms with Gasteiger partial charge in [0, 0.05) is 4.90 Å². The molecule has 29 heavy (non-hydrogen) atoms. The zero-order valence-electron chi connectivity index (χ0n) is 16.1. The number of ether oxygens (including phenoxy) is 2. The lowest BCUT2D eigenvalue weighted by atomic mass is 10.2. The number of nitrogens with zero attached hydrogens (tertiary/aromatic N) is 1. The molecule has 1 aliphatic rings. The minimum absolute atomic E-state index is 0.0172. The lowest BCUT2D eigenvalue weighted by Gasteiger charge is -2.19. The smallest absolute Gasteiger partial charge is 0.230 e. The minimum atomic E-state index is -0.136. The molecule has 0 unspecified atom stereocenters. The van der Waals surface area contributed by atoms with Crippen LogP contribution in [0.4, 0.5) is 0 Å². The molecular weight excluding hydrogens is 406 g/mol. The highest BCUT2D eigenvalue weighted by molar-refractivity contribution is 8.00. The predicted octanol–water partition coefficient (Wildman–Crippen LogP) is 4.04. The van der Waals surface area contributed by atoms with E-state index in [0.717, 1.165) is 45.4 Å². The summed E-state index contributed by atoms with van der Waals surface area (Å²) < 4.78 is 11.2. The molecule has 152 valence electrons. The Morgan fingerprint density at radius 2 is 2.03 bits per heavy atom. The summed E-state index contributed by atoms with van der Waals surface area (Å²) >= 11 is 3.24. The number of rotatable bonds is 8. The van der Waals surface area contributed by atoms with Gasteiger partial charge in [0.1, 0.15) is 19.0 Å². The van der Waals surface area contributed by atoms with Crippen LogP contribution in [0.1, 0.15) is 18.3 Å².